The van der Waals surface area contributed by atoms with Crippen molar-refractivity contribution in [2.75, 3.05) is 6.61 Å². The number of esters is 1. The predicted octanol–water partition coefficient (Wildman–Crippen LogP) is 2.77. The van der Waals surface area contributed by atoms with Crippen molar-refractivity contribution >= 4 is 27.5 Å². The lowest BCUT2D eigenvalue weighted by Crippen LogP contribution is -2.15. The fourth-order valence-corrected chi connectivity index (χ4v) is 3.11. The Balaban J connectivity index is 1.89. The maximum absolute atomic E-state index is 11.5. The number of rotatable bonds is 4. The first-order valence-corrected chi connectivity index (χ1v) is 7.25. The summed E-state index contributed by atoms with van der Waals surface area (Å²) in [5, 5.41) is 11.1. The molecule has 4 nitrogen and oxygen atoms in total. The maximum Gasteiger partial charge on any atom is 0.339 e. The Labute approximate surface area is 115 Å². The summed E-state index contributed by atoms with van der Waals surface area (Å²) < 4.78 is 5.92. The third-order valence-electron chi connectivity index (χ3n) is 3.18. The molecule has 3 rings (SSSR count). The number of aliphatic hydroxyl groups is 1. The fraction of sp³-hybridized carbons (Fsp3) is 0.429. The summed E-state index contributed by atoms with van der Waals surface area (Å²) in [6.07, 6.45) is 1.21. The summed E-state index contributed by atoms with van der Waals surface area (Å²) in [7, 11) is 0. The zero-order valence-corrected chi connectivity index (χ0v) is 11.4. The molecule has 0 radical (unpaired) electrons. The Hall–Kier alpha value is -1.46. The summed E-state index contributed by atoms with van der Waals surface area (Å²) >= 11 is 1.70. The van der Waals surface area contributed by atoms with Gasteiger partial charge in [0.05, 0.1) is 21.8 Å². The molecule has 1 saturated carbocycles. The molecule has 1 fully saturated rings. The van der Waals surface area contributed by atoms with Crippen LogP contribution in [-0.4, -0.2) is 22.7 Å². The Kier molecular flexibility index (Phi) is 3.24. The number of carbonyl (C=O) groups excluding carboxylic acids is 1. The van der Waals surface area contributed by atoms with Gasteiger partial charge in [-0.25, -0.2) is 9.78 Å². The van der Waals surface area contributed by atoms with Crippen LogP contribution >= 0.6 is 11.3 Å². The van der Waals surface area contributed by atoms with Crippen molar-refractivity contribution in [1.82, 2.24) is 4.98 Å². The summed E-state index contributed by atoms with van der Waals surface area (Å²) in [6, 6.07) is 5.45. The van der Waals surface area contributed by atoms with E-state index in [2.05, 4.69) is 4.98 Å². The number of aromatic nitrogens is 1. The highest BCUT2D eigenvalue weighted by atomic mass is 32.1. The second-order valence-corrected chi connectivity index (χ2v) is 5.77. The number of benzene rings is 1. The van der Waals surface area contributed by atoms with Gasteiger partial charge in [0.15, 0.2) is 6.10 Å². The Morgan fingerprint density at radius 2 is 2.37 bits per heavy atom. The van der Waals surface area contributed by atoms with Gasteiger partial charge in [0.1, 0.15) is 0 Å². The molecule has 1 aromatic heterocycles. The molecule has 1 heterocycles. The van der Waals surface area contributed by atoms with E-state index in [1.165, 1.54) is 12.8 Å². The molecular weight excluding hydrogens is 262 g/mol. The van der Waals surface area contributed by atoms with Crippen molar-refractivity contribution in [2.24, 2.45) is 0 Å². The van der Waals surface area contributed by atoms with Crippen LogP contribution in [-0.2, 0) is 9.53 Å². The minimum atomic E-state index is -1.23. The SMILES string of the molecule is CCOC(=O)C(O)c1ccc2sc(C3CC3)nc2c1. The highest BCUT2D eigenvalue weighted by Crippen LogP contribution is 2.43. The van der Waals surface area contributed by atoms with Crippen LogP contribution in [0, 0.1) is 0 Å². The van der Waals surface area contributed by atoms with Crippen molar-refractivity contribution in [3.05, 3.63) is 28.8 Å². The third-order valence-corrected chi connectivity index (χ3v) is 4.38. The zero-order chi connectivity index (χ0) is 13.4. The van der Waals surface area contributed by atoms with E-state index < -0.39 is 12.1 Å². The van der Waals surface area contributed by atoms with Gasteiger partial charge >= 0.3 is 5.97 Å². The van der Waals surface area contributed by atoms with E-state index in [4.69, 9.17) is 4.74 Å². The summed E-state index contributed by atoms with van der Waals surface area (Å²) in [4.78, 5) is 16.1. The number of fused-ring (bicyclic) bond motifs is 1. The van der Waals surface area contributed by atoms with Crippen LogP contribution in [0.1, 0.15) is 42.4 Å². The first-order valence-electron chi connectivity index (χ1n) is 6.44. The second-order valence-electron chi connectivity index (χ2n) is 4.71. The first kappa shape index (κ1) is 12.6. The molecule has 5 heteroatoms. The molecule has 0 amide bonds. The molecule has 2 aromatic rings. The molecule has 1 aliphatic rings. The van der Waals surface area contributed by atoms with Gasteiger partial charge in [0.2, 0.25) is 0 Å². The number of ether oxygens (including phenoxy) is 1. The van der Waals surface area contributed by atoms with E-state index in [9.17, 15) is 9.90 Å². The van der Waals surface area contributed by atoms with Crippen molar-refractivity contribution in [3.63, 3.8) is 0 Å². The van der Waals surface area contributed by atoms with Gasteiger partial charge in [-0.15, -0.1) is 11.3 Å². The lowest BCUT2D eigenvalue weighted by molar-refractivity contribution is -0.153. The van der Waals surface area contributed by atoms with Gasteiger partial charge in [-0.1, -0.05) is 6.07 Å². The maximum atomic E-state index is 11.5. The van der Waals surface area contributed by atoms with Crippen LogP contribution in [0.15, 0.2) is 18.2 Å². The molecule has 1 aliphatic carbocycles. The molecule has 0 aliphatic heterocycles. The van der Waals surface area contributed by atoms with Crippen LogP contribution < -0.4 is 0 Å². The van der Waals surface area contributed by atoms with Crippen LogP contribution in [0.4, 0.5) is 0 Å². The Morgan fingerprint density at radius 3 is 3.05 bits per heavy atom. The largest absolute Gasteiger partial charge is 0.464 e. The number of thiazole rings is 1. The standard InChI is InChI=1S/C14H15NO3S/c1-2-18-14(17)12(16)9-5-6-11-10(7-9)15-13(19-11)8-3-4-8/h5-8,12,16H,2-4H2,1H3. The number of hydrogen-bond acceptors (Lipinski definition) is 5. The lowest BCUT2D eigenvalue weighted by atomic mass is 10.1. The molecule has 0 spiro atoms. The Bertz CT molecular complexity index is 618. The number of hydrogen-bond donors (Lipinski definition) is 1. The van der Waals surface area contributed by atoms with Crippen LogP contribution in [0.2, 0.25) is 0 Å². The van der Waals surface area contributed by atoms with Gasteiger partial charge in [-0.05, 0) is 37.5 Å². The number of nitrogens with zero attached hydrogens (tertiary/aromatic N) is 1. The van der Waals surface area contributed by atoms with Gasteiger partial charge in [-0.3, -0.25) is 0 Å². The van der Waals surface area contributed by atoms with E-state index in [0.717, 1.165) is 15.2 Å². The predicted molar refractivity (Wildman–Crippen MR) is 73.2 cm³/mol. The molecule has 1 aromatic carbocycles. The van der Waals surface area contributed by atoms with Crippen molar-refractivity contribution in [3.8, 4) is 0 Å². The molecule has 19 heavy (non-hydrogen) atoms. The topological polar surface area (TPSA) is 59.4 Å². The van der Waals surface area contributed by atoms with E-state index in [-0.39, 0.29) is 6.61 Å². The molecule has 100 valence electrons. The van der Waals surface area contributed by atoms with E-state index >= 15 is 0 Å². The van der Waals surface area contributed by atoms with Crippen molar-refractivity contribution < 1.29 is 14.6 Å². The van der Waals surface area contributed by atoms with Gasteiger partial charge in [0, 0.05) is 5.92 Å². The zero-order valence-electron chi connectivity index (χ0n) is 10.6. The smallest absolute Gasteiger partial charge is 0.339 e. The highest BCUT2D eigenvalue weighted by Gasteiger charge is 2.27. The molecule has 1 atom stereocenters. The average molecular weight is 277 g/mol. The van der Waals surface area contributed by atoms with Gasteiger partial charge < -0.3 is 9.84 Å². The fourth-order valence-electron chi connectivity index (χ4n) is 1.99. The van der Waals surface area contributed by atoms with Crippen LogP contribution in [0.25, 0.3) is 10.2 Å². The van der Waals surface area contributed by atoms with E-state index in [1.54, 1.807) is 30.4 Å². The van der Waals surface area contributed by atoms with Gasteiger partial charge in [0.25, 0.3) is 0 Å². The second kappa shape index (κ2) is 4.90. The quantitative estimate of drug-likeness (QED) is 0.873. The summed E-state index contributed by atoms with van der Waals surface area (Å²) in [5.41, 5.74) is 1.39. The van der Waals surface area contributed by atoms with E-state index in [1.807, 2.05) is 6.07 Å². The molecular formula is C14H15NO3S. The third kappa shape index (κ3) is 2.48. The van der Waals surface area contributed by atoms with Gasteiger partial charge in [-0.2, -0.15) is 0 Å². The number of aliphatic hydroxyl groups excluding tert-OH is 1. The first-order chi connectivity index (χ1) is 9.19. The molecule has 1 N–H and O–H groups in total. The van der Waals surface area contributed by atoms with Crippen molar-refractivity contribution in [1.29, 1.82) is 0 Å². The lowest BCUT2D eigenvalue weighted by Gasteiger charge is -2.09. The minimum Gasteiger partial charge on any atom is -0.464 e. The minimum absolute atomic E-state index is 0.265. The van der Waals surface area contributed by atoms with E-state index in [0.29, 0.717) is 11.5 Å². The van der Waals surface area contributed by atoms with Crippen LogP contribution in [0.5, 0.6) is 0 Å². The molecule has 0 bridgehead atoms. The molecule has 1 unspecified atom stereocenters. The molecule has 0 saturated heterocycles. The highest BCUT2D eigenvalue weighted by molar-refractivity contribution is 7.18. The number of carbonyl (C=O) groups is 1. The average Bonchev–Trinajstić information content (AvgIpc) is 3.17. The van der Waals surface area contributed by atoms with Crippen molar-refractivity contribution in [2.45, 2.75) is 31.8 Å². The monoisotopic (exact) mass is 277 g/mol. The normalized spacial score (nSPS) is 16.5. The summed E-state index contributed by atoms with van der Waals surface area (Å²) in [6.45, 7) is 1.98. The summed E-state index contributed by atoms with van der Waals surface area (Å²) in [5.74, 6) is 0.00956. The van der Waals surface area contributed by atoms with Crippen LogP contribution in [0.3, 0.4) is 0 Å². The Morgan fingerprint density at radius 1 is 1.58 bits per heavy atom.